The van der Waals surface area contributed by atoms with Crippen molar-refractivity contribution in [2.24, 2.45) is 0 Å². The zero-order chi connectivity index (χ0) is 18.1. The molecule has 1 unspecified atom stereocenters. The number of carbonyl (C=O) groups is 1. The molecule has 0 aromatic heterocycles. The fourth-order valence-electron chi connectivity index (χ4n) is 2.29. The highest BCUT2D eigenvalue weighted by atomic mass is 16.5. The normalized spacial score (nSPS) is 11.6. The van der Waals surface area contributed by atoms with Crippen LogP contribution in [0.1, 0.15) is 38.7 Å². The van der Waals surface area contributed by atoms with Gasteiger partial charge in [-0.25, -0.2) is 0 Å². The molecule has 0 aliphatic heterocycles. The molecule has 0 spiro atoms. The summed E-state index contributed by atoms with van der Waals surface area (Å²) < 4.78 is 11.4. The highest BCUT2D eigenvalue weighted by Crippen LogP contribution is 2.18. The second kappa shape index (κ2) is 9.72. The highest BCUT2D eigenvalue weighted by molar-refractivity contribution is 5.94. The average molecular weight is 341 g/mol. The van der Waals surface area contributed by atoms with Crippen LogP contribution in [0.15, 0.2) is 48.5 Å². The van der Waals surface area contributed by atoms with Gasteiger partial charge in [0.25, 0.3) is 5.91 Å². The molecule has 1 N–H and O–H groups in total. The molecule has 2 aromatic rings. The molecule has 0 bridgehead atoms. The van der Waals surface area contributed by atoms with Crippen molar-refractivity contribution in [3.8, 4) is 11.5 Å². The molecule has 0 aliphatic rings. The van der Waals surface area contributed by atoms with Crippen LogP contribution in [0.2, 0.25) is 0 Å². The van der Waals surface area contributed by atoms with E-state index in [-0.39, 0.29) is 5.91 Å². The van der Waals surface area contributed by atoms with Gasteiger partial charge < -0.3 is 14.8 Å². The van der Waals surface area contributed by atoms with E-state index in [1.165, 1.54) is 0 Å². The Bertz CT molecular complexity index is 650. The molecule has 1 amide bonds. The Labute approximate surface area is 150 Å². The maximum Gasteiger partial charge on any atom is 0.265 e. The number of hydrogen-bond acceptors (Lipinski definition) is 3. The molecule has 2 aromatic carbocycles. The van der Waals surface area contributed by atoms with Gasteiger partial charge in [-0.3, -0.25) is 4.79 Å². The molecule has 4 nitrogen and oxygen atoms in total. The number of aryl methyl sites for hydroxylation is 1. The lowest BCUT2D eigenvalue weighted by atomic mass is 10.2. The van der Waals surface area contributed by atoms with Crippen molar-refractivity contribution in [3.63, 3.8) is 0 Å². The fraction of sp³-hybridized carbons (Fsp3) is 0.381. The zero-order valence-corrected chi connectivity index (χ0v) is 15.2. The molecule has 0 fully saturated rings. The first-order valence-electron chi connectivity index (χ1n) is 8.89. The summed E-state index contributed by atoms with van der Waals surface area (Å²) in [6, 6.07) is 15.1. The second-order valence-electron chi connectivity index (χ2n) is 6.04. The van der Waals surface area contributed by atoms with Crippen LogP contribution in [0.5, 0.6) is 11.5 Å². The molecule has 0 saturated carbocycles. The van der Waals surface area contributed by atoms with E-state index >= 15 is 0 Å². The lowest BCUT2D eigenvalue weighted by Crippen LogP contribution is -2.32. The maximum atomic E-state index is 12.4. The van der Waals surface area contributed by atoms with Gasteiger partial charge in [-0.1, -0.05) is 38.0 Å². The van der Waals surface area contributed by atoms with Gasteiger partial charge in [0.05, 0.1) is 6.61 Å². The number of ether oxygens (including phenoxy) is 2. The van der Waals surface area contributed by atoms with Crippen molar-refractivity contribution in [2.45, 2.75) is 46.1 Å². The number of unbranched alkanes of at least 4 members (excludes halogenated alkanes) is 1. The number of nitrogens with one attached hydrogen (secondary N) is 1. The Morgan fingerprint density at radius 2 is 1.64 bits per heavy atom. The van der Waals surface area contributed by atoms with E-state index < -0.39 is 6.10 Å². The number of rotatable bonds is 9. The third kappa shape index (κ3) is 6.14. The van der Waals surface area contributed by atoms with Crippen LogP contribution in [0.25, 0.3) is 0 Å². The van der Waals surface area contributed by atoms with E-state index in [1.807, 2.05) is 62.4 Å². The number of amides is 1. The van der Waals surface area contributed by atoms with Gasteiger partial charge in [0.2, 0.25) is 0 Å². The van der Waals surface area contributed by atoms with Crippen molar-refractivity contribution < 1.29 is 14.3 Å². The van der Waals surface area contributed by atoms with Crippen LogP contribution < -0.4 is 14.8 Å². The standard InChI is InChI=1S/C21H27NO3/c1-4-6-15-24-18-13-9-17(10-14-18)22-21(23)20(5-2)25-19-11-7-16(3)8-12-19/h7-14,20H,4-6,15H2,1-3H3,(H,22,23). The van der Waals surface area contributed by atoms with E-state index in [0.717, 1.165) is 29.8 Å². The molecule has 0 heterocycles. The number of anilines is 1. The lowest BCUT2D eigenvalue weighted by molar-refractivity contribution is -0.122. The van der Waals surface area contributed by atoms with E-state index in [4.69, 9.17) is 9.47 Å². The summed E-state index contributed by atoms with van der Waals surface area (Å²) in [5, 5.41) is 2.90. The van der Waals surface area contributed by atoms with Crippen molar-refractivity contribution in [1.29, 1.82) is 0 Å². The predicted molar refractivity (Wildman–Crippen MR) is 101 cm³/mol. The van der Waals surface area contributed by atoms with Gasteiger partial charge in [-0.2, -0.15) is 0 Å². The van der Waals surface area contributed by atoms with Crippen LogP contribution in [-0.4, -0.2) is 18.6 Å². The topological polar surface area (TPSA) is 47.6 Å². The van der Waals surface area contributed by atoms with E-state index in [9.17, 15) is 4.79 Å². The Morgan fingerprint density at radius 3 is 2.24 bits per heavy atom. The van der Waals surface area contributed by atoms with Crippen LogP contribution in [-0.2, 0) is 4.79 Å². The third-order valence-corrected chi connectivity index (χ3v) is 3.85. The monoisotopic (exact) mass is 341 g/mol. The minimum Gasteiger partial charge on any atom is -0.494 e. The smallest absolute Gasteiger partial charge is 0.265 e. The predicted octanol–water partition coefficient (Wildman–Crippen LogP) is 4.97. The Morgan fingerprint density at radius 1 is 1.00 bits per heavy atom. The van der Waals surface area contributed by atoms with Gasteiger partial charge >= 0.3 is 0 Å². The summed E-state index contributed by atoms with van der Waals surface area (Å²) in [5.41, 5.74) is 1.89. The molecular formula is C21H27NO3. The summed E-state index contributed by atoms with van der Waals surface area (Å²) >= 11 is 0. The van der Waals surface area contributed by atoms with E-state index in [0.29, 0.717) is 18.8 Å². The summed E-state index contributed by atoms with van der Waals surface area (Å²) in [4.78, 5) is 12.4. The molecule has 4 heteroatoms. The van der Waals surface area contributed by atoms with Gasteiger partial charge in [0.15, 0.2) is 6.10 Å². The summed E-state index contributed by atoms with van der Waals surface area (Å²) in [6.07, 6.45) is 2.21. The number of carbonyl (C=O) groups excluding carboxylic acids is 1. The Balaban J connectivity index is 1.91. The third-order valence-electron chi connectivity index (χ3n) is 3.85. The molecule has 0 saturated heterocycles. The first kappa shape index (κ1) is 18.8. The SMILES string of the molecule is CCCCOc1ccc(NC(=O)C(CC)Oc2ccc(C)cc2)cc1. The molecule has 0 aliphatic carbocycles. The van der Waals surface area contributed by atoms with Crippen LogP contribution in [0.4, 0.5) is 5.69 Å². The second-order valence-corrected chi connectivity index (χ2v) is 6.04. The van der Waals surface area contributed by atoms with E-state index in [2.05, 4.69) is 12.2 Å². The van der Waals surface area contributed by atoms with Crippen LogP contribution >= 0.6 is 0 Å². The fourth-order valence-corrected chi connectivity index (χ4v) is 2.29. The quantitative estimate of drug-likeness (QED) is 0.655. The molecule has 1 atom stereocenters. The number of hydrogen-bond donors (Lipinski definition) is 1. The minimum atomic E-state index is -0.525. The maximum absolute atomic E-state index is 12.4. The summed E-state index contributed by atoms with van der Waals surface area (Å²) in [7, 11) is 0. The van der Waals surface area contributed by atoms with Gasteiger partial charge in [-0.15, -0.1) is 0 Å². The highest BCUT2D eigenvalue weighted by Gasteiger charge is 2.18. The Hall–Kier alpha value is -2.49. The average Bonchev–Trinajstić information content (AvgIpc) is 2.63. The minimum absolute atomic E-state index is 0.150. The number of benzene rings is 2. The van der Waals surface area contributed by atoms with Gasteiger partial charge in [0, 0.05) is 5.69 Å². The molecular weight excluding hydrogens is 314 g/mol. The molecule has 25 heavy (non-hydrogen) atoms. The van der Waals surface area contributed by atoms with Crippen LogP contribution in [0, 0.1) is 6.92 Å². The molecule has 0 radical (unpaired) electrons. The Kier molecular flexibility index (Phi) is 7.33. The van der Waals surface area contributed by atoms with Gasteiger partial charge in [-0.05, 0) is 56.2 Å². The van der Waals surface area contributed by atoms with Crippen molar-refractivity contribution in [3.05, 3.63) is 54.1 Å². The lowest BCUT2D eigenvalue weighted by Gasteiger charge is -2.17. The van der Waals surface area contributed by atoms with Crippen molar-refractivity contribution >= 4 is 11.6 Å². The van der Waals surface area contributed by atoms with Crippen LogP contribution in [0.3, 0.4) is 0 Å². The largest absolute Gasteiger partial charge is 0.494 e. The summed E-state index contributed by atoms with van der Waals surface area (Å²) in [5.74, 6) is 1.37. The summed E-state index contributed by atoms with van der Waals surface area (Å²) in [6.45, 7) is 6.79. The first-order chi connectivity index (χ1) is 12.1. The van der Waals surface area contributed by atoms with Gasteiger partial charge in [0.1, 0.15) is 11.5 Å². The first-order valence-corrected chi connectivity index (χ1v) is 8.89. The van der Waals surface area contributed by atoms with Crippen molar-refractivity contribution in [2.75, 3.05) is 11.9 Å². The van der Waals surface area contributed by atoms with E-state index in [1.54, 1.807) is 0 Å². The molecule has 2 rings (SSSR count). The zero-order valence-electron chi connectivity index (χ0n) is 15.2. The molecule has 134 valence electrons. The van der Waals surface area contributed by atoms with Crippen molar-refractivity contribution in [1.82, 2.24) is 0 Å².